The summed E-state index contributed by atoms with van der Waals surface area (Å²) in [6, 6.07) is 5.99. The van der Waals surface area contributed by atoms with Crippen molar-refractivity contribution in [2.45, 2.75) is 39.0 Å². The second-order valence-electron chi connectivity index (χ2n) is 4.68. The number of halogens is 1. The Kier molecular flexibility index (Phi) is 3.80. The summed E-state index contributed by atoms with van der Waals surface area (Å²) in [6.07, 6.45) is 5.84. The lowest BCUT2D eigenvalue weighted by Crippen LogP contribution is -2.18. The Morgan fingerprint density at radius 3 is 2.56 bits per heavy atom. The topological polar surface area (TPSA) is 17.1 Å². The summed E-state index contributed by atoms with van der Waals surface area (Å²) in [5, 5.41) is 0. The molecule has 0 bridgehead atoms. The molecule has 1 aromatic rings. The summed E-state index contributed by atoms with van der Waals surface area (Å²) in [4.78, 5) is 12.3. The number of carbonyl (C=O) groups excluding carboxylic acids is 1. The fourth-order valence-electron chi connectivity index (χ4n) is 2.40. The van der Waals surface area contributed by atoms with E-state index >= 15 is 0 Å². The summed E-state index contributed by atoms with van der Waals surface area (Å²) >= 11 is 3.49. The zero-order valence-corrected chi connectivity index (χ0v) is 11.2. The summed E-state index contributed by atoms with van der Waals surface area (Å²) in [5.41, 5.74) is 2.05. The molecule has 1 aliphatic rings. The first-order valence-electron chi connectivity index (χ1n) is 5.99. The molecule has 0 heterocycles. The number of rotatable bonds is 2. The summed E-state index contributed by atoms with van der Waals surface area (Å²) < 4.78 is 0.947. The van der Waals surface area contributed by atoms with Crippen LogP contribution in [0.25, 0.3) is 0 Å². The normalized spacial score (nSPS) is 17.4. The molecule has 0 radical (unpaired) electrons. The Balaban J connectivity index is 2.19. The molecule has 2 heteroatoms. The van der Waals surface area contributed by atoms with Gasteiger partial charge in [0.15, 0.2) is 5.78 Å². The number of Topliss-reactive ketones (excluding diaryl/α,β-unsaturated/α-hetero) is 1. The van der Waals surface area contributed by atoms with Crippen molar-refractivity contribution in [3.63, 3.8) is 0 Å². The maximum absolute atomic E-state index is 12.3. The molecule has 0 saturated heterocycles. The number of ketones is 1. The standard InChI is InChI=1S/C14H17BrO/c1-10-7-8-12(13(15)9-10)14(16)11-5-3-2-4-6-11/h7-9,11H,2-6H2,1H3. The molecule has 1 nitrogen and oxygen atoms in total. The minimum Gasteiger partial charge on any atom is -0.294 e. The third kappa shape index (κ3) is 2.54. The molecule has 0 aromatic heterocycles. The van der Waals surface area contributed by atoms with Crippen molar-refractivity contribution in [3.8, 4) is 0 Å². The zero-order chi connectivity index (χ0) is 11.5. The monoisotopic (exact) mass is 280 g/mol. The second-order valence-corrected chi connectivity index (χ2v) is 5.54. The summed E-state index contributed by atoms with van der Waals surface area (Å²) in [5.74, 6) is 0.583. The van der Waals surface area contributed by atoms with Crippen LogP contribution in [0.4, 0.5) is 0 Å². The van der Waals surface area contributed by atoms with Gasteiger partial charge in [-0.1, -0.05) is 41.3 Å². The molecule has 0 N–H and O–H groups in total. The molecule has 1 aromatic carbocycles. The van der Waals surface area contributed by atoms with Crippen LogP contribution in [-0.4, -0.2) is 5.78 Å². The number of benzene rings is 1. The quantitative estimate of drug-likeness (QED) is 0.728. The molecular formula is C14H17BrO. The van der Waals surface area contributed by atoms with Gasteiger partial charge in [-0.15, -0.1) is 0 Å². The number of carbonyl (C=O) groups is 1. The molecule has 86 valence electrons. The fraction of sp³-hybridized carbons (Fsp3) is 0.500. The number of hydrogen-bond donors (Lipinski definition) is 0. The maximum atomic E-state index is 12.3. The minimum atomic E-state index is 0.257. The van der Waals surface area contributed by atoms with Gasteiger partial charge in [-0.05, 0) is 37.5 Å². The van der Waals surface area contributed by atoms with E-state index in [0.29, 0.717) is 5.78 Å². The predicted octanol–water partition coefficient (Wildman–Crippen LogP) is 4.52. The van der Waals surface area contributed by atoms with E-state index in [1.54, 1.807) is 0 Å². The molecule has 1 saturated carbocycles. The maximum Gasteiger partial charge on any atom is 0.167 e. The lowest BCUT2D eigenvalue weighted by molar-refractivity contribution is 0.0889. The highest BCUT2D eigenvalue weighted by Crippen LogP contribution is 2.29. The van der Waals surface area contributed by atoms with E-state index in [1.165, 1.54) is 24.8 Å². The van der Waals surface area contributed by atoms with Gasteiger partial charge in [0.1, 0.15) is 0 Å². The van der Waals surface area contributed by atoms with Gasteiger partial charge < -0.3 is 0 Å². The van der Waals surface area contributed by atoms with Gasteiger partial charge in [0.25, 0.3) is 0 Å². The highest BCUT2D eigenvalue weighted by atomic mass is 79.9. The SMILES string of the molecule is Cc1ccc(C(=O)C2CCCCC2)c(Br)c1. The van der Waals surface area contributed by atoms with Crippen molar-refractivity contribution < 1.29 is 4.79 Å². The van der Waals surface area contributed by atoms with Gasteiger partial charge in [-0.2, -0.15) is 0 Å². The van der Waals surface area contributed by atoms with Crippen molar-refractivity contribution in [1.82, 2.24) is 0 Å². The third-order valence-electron chi connectivity index (χ3n) is 3.37. The van der Waals surface area contributed by atoms with Crippen LogP contribution in [0.1, 0.15) is 48.0 Å². The molecule has 0 spiro atoms. The van der Waals surface area contributed by atoms with Gasteiger partial charge in [-0.3, -0.25) is 4.79 Å². The van der Waals surface area contributed by atoms with Crippen molar-refractivity contribution in [3.05, 3.63) is 33.8 Å². The van der Waals surface area contributed by atoms with Crippen LogP contribution in [0.15, 0.2) is 22.7 Å². The Labute approximate surface area is 105 Å². The summed E-state index contributed by atoms with van der Waals surface area (Å²) in [7, 11) is 0. The summed E-state index contributed by atoms with van der Waals surface area (Å²) in [6.45, 7) is 2.04. The van der Waals surface area contributed by atoms with E-state index in [9.17, 15) is 4.79 Å². The third-order valence-corrected chi connectivity index (χ3v) is 4.02. The number of hydrogen-bond acceptors (Lipinski definition) is 1. The van der Waals surface area contributed by atoms with Crippen LogP contribution in [-0.2, 0) is 0 Å². The van der Waals surface area contributed by atoms with E-state index in [2.05, 4.69) is 15.9 Å². The lowest BCUT2D eigenvalue weighted by Gasteiger charge is -2.20. The first-order chi connectivity index (χ1) is 7.68. The van der Waals surface area contributed by atoms with Crippen LogP contribution >= 0.6 is 15.9 Å². The molecule has 1 fully saturated rings. The smallest absolute Gasteiger partial charge is 0.167 e. The van der Waals surface area contributed by atoms with Crippen molar-refractivity contribution in [2.75, 3.05) is 0 Å². The number of aryl methyl sites for hydroxylation is 1. The molecule has 1 aliphatic carbocycles. The largest absolute Gasteiger partial charge is 0.294 e. The highest BCUT2D eigenvalue weighted by Gasteiger charge is 2.23. The van der Waals surface area contributed by atoms with E-state index in [0.717, 1.165) is 22.9 Å². The van der Waals surface area contributed by atoms with Crippen molar-refractivity contribution >= 4 is 21.7 Å². The van der Waals surface area contributed by atoms with E-state index in [-0.39, 0.29) is 5.92 Å². The van der Waals surface area contributed by atoms with Gasteiger partial charge in [0.2, 0.25) is 0 Å². The van der Waals surface area contributed by atoms with Crippen LogP contribution < -0.4 is 0 Å². The minimum absolute atomic E-state index is 0.257. The molecule has 0 atom stereocenters. The highest BCUT2D eigenvalue weighted by molar-refractivity contribution is 9.10. The van der Waals surface area contributed by atoms with Gasteiger partial charge >= 0.3 is 0 Å². The van der Waals surface area contributed by atoms with E-state index in [4.69, 9.17) is 0 Å². The van der Waals surface area contributed by atoms with Crippen LogP contribution in [0.5, 0.6) is 0 Å². The van der Waals surface area contributed by atoms with Gasteiger partial charge in [0, 0.05) is 16.0 Å². The van der Waals surface area contributed by atoms with Gasteiger partial charge in [-0.25, -0.2) is 0 Å². The molecule has 16 heavy (non-hydrogen) atoms. The molecular weight excluding hydrogens is 264 g/mol. The van der Waals surface area contributed by atoms with Crippen LogP contribution in [0.3, 0.4) is 0 Å². The lowest BCUT2D eigenvalue weighted by atomic mass is 9.84. The molecule has 0 unspecified atom stereocenters. The molecule has 2 rings (SSSR count). The second kappa shape index (κ2) is 5.13. The Bertz CT molecular complexity index is 392. The predicted molar refractivity (Wildman–Crippen MR) is 69.8 cm³/mol. The van der Waals surface area contributed by atoms with Crippen molar-refractivity contribution in [1.29, 1.82) is 0 Å². The van der Waals surface area contributed by atoms with E-state index in [1.807, 2.05) is 25.1 Å². The molecule has 0 aliphatic heterocycles. The van der Waals surface area contributed by atoms with Crippen LogP contribution in [0, 0.1) is 12.8 Å². The average Bonchev–Trinajstić information content (AvgIpc) is 2.29. The Morgan fingerprint density at radius 2 is 1.94 bits per heavy atom. The van der Waals surface area contributed by atoms with Crippen LogP contribution in [0.2, 0.25) is 0 Å². The fourth-order valence-corrected chi connectivity index (χ4v) is 3.09. The van der Waals surface area contributed by atoms with Gasteiger partial charge in [0.05, 0.1) is 0 Å². The average molecular weight is 281 g/mol. The Hall–Kier alpha value is -0.630. The zero-order valence-electron chi connectivity index (χ0n) is 9.63. The van der Waals surface area contributed by atoms with Crippen molar-refractivity contribution in [2.24, 2.45) is 5.92 Å². The Morgan fingerprint density at radius 1 is 1.25 bits per heavy atom. The first kappa shape index (κ1) is 11.8. The van der Waals surface area contributed by atoms with E-state index < -0.39 is 0 Å². The first-order valence-corrected chi connectivity index (χ1v) is 6.78. The molecule has 0 amide bonds.